The summed E-state index contributed by atoms with van der Waals surface area (Å²) in [7, 11) is 0. The molecular weight excluding hydrogens is 270 g/mol. The highest BCUT2D eigenvalue weighted by Crippen LogP contribution is 2.32. The van der Waals surface area contributed by atoms with E-state index < -0.39 is 0 Å². The van der Waals surface area contributed by atoms with Crippen molar-refractivity contribution in [2.75, 3.05) is 11.6 Å². The van der Waals surface area contributed by atoms with Crippen molar-refractivity contribution in [1.82, 2.24) is 10.2 Å². The molecule has 1 aliphatic carbocycles. The lowest BCUT2D eigenvalue weighted by Crippen LogP contribution is -2.52. The Morgan fingerprint density at radius 1 is 1.20 bits per heavy atom. The van der Waals surface area contributed by atoms with Crippen LogP contribution < -0.4 is 5.32 Å². The Morgan fingerprint density at radius 3 is 2.85 bits per heavy atom. The number of thioether (sulfide) groups is 1. The molecule has 1 amide bonds. The van der Waals surface area contributed by atoms with Crippen LogP contribution in [-0.2, 0) is 4.79 Å². The maximum atomic E-state index is 12.7. The van der Waals surface area contributed by atoms with Crippen molar-refractivity contribution in [3.05, 3.63) is 0 Å². The Bertz CT molecular complexity index is 408. The number of nitrogens with zero attached hydrogens (tertiary/aromatic N) is 2. The monoisotopic (exact) mass is 293 g/mol. The van der Waals surface area contributed by atoms with Gasteiger partial charge in [0.15, 0.2) is 0 Å². The molecule has 3 rings (SSSR count). The molecule has 2 saturated heterocycles. The van der Waals surface area contributed by atoms with Crippen molar-refractivity contribution < 1.29 is 4.79 Å². The summed E-state index contributed by atoms with van der Waals surface area (Å²) in [6.45, 7) is 0. The zero-order chi connectivity index (χ0) is 13.9. The van der Waals surface area contributed by atoms with Crippen LogP contribution in [0.2, 0.25) is 0 Å². The molecule has 4 atom stereocenters. The molecule has 20 heavy (non-hydrogen) atoms. The molecule has 5 heteroatoms. The normalized spacial score (nSPS) is 37.9. The molecule has 110 valence electrons. The van der Waals surface area contributed by atoms with E-state index in [1.54, 1.807) is 16.7 Å². The SMILES string of the molecule is N#CC1CSCN1C(=O)C1CCCC2CCCCC2N1. The number of amides is 1. The Balaban J connectivity index is 1.67. The highest BCUT2D eigenvalue weighted by atomic mass is 32.2. The van der Waals surface area contributed by atoms with Gasteiger partial charge in [0.05, 0.1) is 18.0 Å². The first kappa shape index (κ1) is 14.2. The van der Waals surface area contributed by atoms with Crippen LogP contribution in [0, 0.1) is 17.2 Å². The maximum Gasteiger partial charge on any atom is 0.241 e. The summed E-state index contributed by atoms with van der Waals surface area (Å²) in [6, 6.07) is 2.51. The lowest BCUT2D eigenvalue weighted by Gasteiger charge is -2.33. The molecule has 0 aromatic carbocycles. The van der Waals surface area contributed by atoms with Gasteiger partial charge in [-0.2, -0.15) is 5.26 Å². The molecule has 3 aliphatic rings. The Kier molecular flexibility index (Phi) is 4.52. The van der Waals surface area contributed by atoms with Crippen LogP contribution in [0.1, 0.15) is 44.9 Å². The smallest absolute Gasteiger partial charge is 0.241 e. The van der Waals surface area contributed by atoms with Crippen molar-refractivity contribution >= 4 is 17.7 Å². The molecule has 0 aromatic rings. The fourth-order valence-electron chi connectivity index (χ4n) is 3.86. The lowest BCUT2D eigenvalue weighted by molar-refractivity contribution is -0.133. The van der Waals surface area contributed by atoms with Crippen molar-refractivity contribution in [1.29, 1.82) is 5.26 Å². The van der Waals surface area contributed by atoms with Gasteiger partial charge in [-0.3, -0.25) is 4.79 Å². The van der Waals surface area contributed by atoms with E-state index >= 15 is 0 Å². The molecule has 1 N–H and O–H groups in total. The van der Waals surface area contributed by atoms with E-state index in [1.807, 2.05) is 0 Å². The molecule has 2 aliphatic heterocycles. The average molecular weight is 293 g/mol. The number of rotatable bonds is 1. The second-order valence-corrected chi connectivity index (χ2v) is 7.25. The highest BCUT2D eigenvalue weighted by Gasteiger charge is 2.37. The summed E-state index contributed by atoms with van der Waals surface area (Å²) in [4.78, 5) is 14.5. The van der Waals surface area contributed by atoms with Crippen LogP contribution in [0.5, 0.6) is 0 Å². The molecule has 0 bridgehead atoms. The lowest BCUT2D eigenvalue weighted by atomic mass is 9.82. The number of fused-ring (bicyclic) bond motifs is 1. The zero-order valence-electron chi connectivity index (χ0n) is 11.9. The van der Waals surface area contributed by atoms with Gasteiger partial charge in [0.25, 0.3) is 0 Å². The molecule has 0 radical (unpaired) electrons. The third-order valence-corrected chi connectivity index (χ3v) is 6.02. The van der Waals surface area contributed by atoms with E-state index in [4.69, 9.17) is 5.26 Å². The van der Waals surface area contributed by atoms with E-state index in [2.05, 4.69) is 11.4 Å². The van der Waals surface area contributed by atoms with Crippen LogP contribution >= 0.6 is 11.8 Å². The number of carbonyl (C=O) groups excluding carboxylic acids is 1. The first-order valence-electron chi connectivity index (χ1n) is 7.83. The van der Waals surface area contributed by atoms with Gasteiger partial charge >= 0.3 is 0 Å². The first-order chi connectivity index (χ1) is 9.79. The Labute approximate surface area is 125 Å². The number of nitrogens with one attached hydrogen (secondary N) is 1. The fraction of sp³-hybridized carbons (Fsp3) is 0.867. The van der Waals surface area contributed by atoms with E-state index in [-0.39, 0.29) is 18.0 Å². The predicted octanol–water partition coefficient (Wildman–Crippen LogP) is 2.11. The van der Waals surface area contributed by atoms with Crippen LogP contribution in [0.15, 0.2) is 0 Å². The highest BCUT2D eigenvalue weighted by molar-refractivity contribution is 7.99. The molecular formula is C15H23N3OS. The van der Waals surface area contributed by atoms with Crippen molar-refractivity contribution in [2.45, 2.75) is 63.1 Å². The minimum atomic E-state index is -0.222. The third-order valence-electron chi connectivity index (χ3n) is 5.00. The van der Waals surface area contributed by atoms with E-state index in [9.17, 15) is 4.79 Å². The summed E-state index contributed by atoms with van der Waals surface area (Å²) < 4.78 is 0. The van der Waals surface area contributed by atoms with Crippen LogP contribution in [0.25, 0.3) is 0 Å². The summed E-state index contributed by atoms with van der Waals surface area (Å²) in [5, 5.41) is 12.8. The van der Waals surface area contributed by atoms with Gasteiger partial charge in [-0.25, -0.2) is 0 Å². The molecule has 2 heterocycles. The minimum Gasteiger partial charge on any atom is -0.315 e. The molecule has 0 aromatic heterocycles. The molecule has 1 saturated carbocycles. The standard InChI is InChI=1S/C15H23N3OS/c16-8-12-9-20-10-18(12)15(19)14-7-3-5-11-4-1-2-6-13(11)17-14/h11-14,17H,1-7,9-10H2. The summed E-state index contributed by atoms with van der Waals surface area (Å²) in [5.74, 6) is 2.37. The molecule has 3 fully saturated rings. The first-order valence-corrected chi connectivity index (χ1v) is 8.99. The van der Waals surface area contributed by atoms with E-state index in [0.29, 0.717) is 11.9 Å². The Morgan fingerprint density at radius 2 is 2.00 bits per heavy atom. The van der Waals surface area contributed by atoms with Crippen molar-refractivity contribution in [2.24, 2.45) is 5.92 Å². The second-order valence-electron chi connectivity index (χ2n) is 6.25. The summed E-state index contributed by atoms with van der Waals surface area (Å²) in [5.41, 5.74) is 0. The van der Waals surface area contributed by atoms with E-state index in [0.717, 1.165) is 24.5 Å². The van der Waals surface area contributed by atoms with Crippen molar-refractivity contribution in [3.8, 4) is 6.07 Å². The number of carbonyl (C=O) groups is 1. The number of hydrogen-bond acceptors (Lipinski definition) is 4. The van der Waals surface area contributed by atoms with Gasteiger partial charge in [0, 0.05) is 11.8 Å². The third kappa shape index (κ3) is 2.82. The largest absolute Gasteiger partial charge is 0.315 e. The van der Waals surface area contributed by atoms with Crippen LogP contribution in [-0.4, -0.2) is 40.6 Å². The number of hydrogen-bond donors (Lipinski definition) is 1. The summed E-state index contributed by atoms with van der Waals surface area (Å²) in [6.07, 6.45) is 8.51. The second kappa shape index (κ2) is 6.36. The topological polar surface area (TPSA) is 56.1 Å². The summed E-state index contributed by atoms with van der Waals surface area (Å²) >= 11 is 1.69. The Hall–Kier alpha value is -0.730. The van der Waals surface area contributed by atoms with Gasteiger partial charge in [0.2, 0.25) is 5.91 Å². The average Bonchev–Trinajstić information content (AvgIpc) is 2.85. The maximum absolute atomic E-state index is 12.7. The van der Waals surface area contributed by atoms with Gasteiger partial charge in [-0.15, -0.1) is 11.8 Å². The predicted molar refractivity (Wildman–Crippen MR) is 80.1 cm³/mol. The molecule has 4 nitrogen and oxygen atoms in total. The molecule has 0 spiro atoms. The number of nitriles is 1. The fourth-order valence-corrected chi connectivity index (χ4v) is 4.95. The minimum absolute atomic E-state index is 0.0577. The van der Waals surface area contributed by atoms with Crippen LogP contribution in [0.3, 0.4) is 0 Å². The van der Waals surface area contributed by atoms with Crippen molar-refractivity contribution in [3.63, 3.8) is 0 Å². The van der Waals surface area contributed by atoms with Gasteiger partial charge in [-0.05, 0) is 31.6 Å². The van der Waals surface area contributed by atoms with Crippen LogP contribution in [0.4, 0.5) is 0 Å². The van der Waals surface area contributed by atoms with E-state index in [1.165, 1.54) is 32.1 Å². The quantitative estimate of drug-likeness (QED) is 0.804. The van der Waals surface area contributed by atoms with Gasteiger partial charge in [0.1, 0.15) is 6.04 Å². The van der Waals surface area contributed by atoms with Gasteiger partial charge < -0.3 is 10.2 Å². The van der Waals surface area contributed by atoms with Gasteiger partial charge in [-0.1, -0.05) is 19.3 Å². The molecule has 4 unspecified atom stereocenters. The zero-order valence-corrected chi connectivity index (χ0v) is 12.7.